The second-order valence-corrected chi connectivity index (χ2v) is 6.55. The van der Waals surface area contributed by atoms with Gasteiger partial charge in [-0.1, -0.05) is 6.42 Å². The Bertz CT molecular complexity index is 318. The van der Waals surface area contributed by atoms with Crippen molar-refractivity contribution in [3.8, 4) is 0 Å². The van der Waals surface area contributed by atoms with E-state index in [4.69, 9.17) is 9.47 Å². The van der Waals surface area contributed by atoms with E-state index in [1.165, 1.54) is 6.42 Å². The Morgan fingerprint density at radius 3 is 1.57 bits per heavy atom. The van der Waals surface area contributed by atoms with E-state index in [1.807, 2.05) is 0 Å². The number of carbonyl (C=O) groups is 1. The molecule has 0 radical (unpaired) electrons. The molecule has 0 aromatic rings. The molecule has 3 rings (SSSR count). The number of halogens is 2. The van der Waals surface area contributed by atoms with Crippen LogP contribution in [0.15, 0.2) is 0 Å². The van der Waals surface area contributed by atoms with Gasteiger partial charge in [0.1, 0.15) is 5.78 Å². The molecule has 7 heteroatoms. The molecule has 5 nitrogen and oxygen atoms in total. The third-order valence-corrected chi connectivity index (χ3v) is 5.07. The first-order chi connectivity index (χ1) is 10.3. The second kappa shape index (κ2) is 10.9. The monoisotopic (exact) mass is 368 g/mol. The van der Waals surface area contributed by atoms with Crippen LogP contribution in [0, 0.1) is 11.8 Å². The van der Waals surface area contributed by atoms with Crippen molar-refractivity contribution in [2.45, 2.75) is 19.3 Å². The largest absolute Gasteiger partial charge is 0.379 e. The number of hydrogen-bond acceptors (Lipinski definition) is 5. The first-order valence-electron chi connectivity index (χ1n) is 8.47. The third kappa shape index (κ3) is 6.15. The second-order valence-electron chi connectivity index (χ2n) is 6.55. The van der Waals surface area contributed by atoms with Crippen molar-refractivity contribution in [1.82, 2.24) is 9.80 Å². The van der Waals surface area contributed by atoms with E-state index < -0.39 is 0 Å². The van der Waals surface area contributed by atoms with E-state index in [-0.39, 0.29) is 36.6 Å². The van der Waals surface area contributed by atoms with Crippen molar-refractivity contribution in [2.24, 2.45) is 11.8 Å². The Morgan fingerprint density at radius 1 is 0.783 bits per heavy atom. The third-order valence-electron chi connectivity index (χ3n) is 5.07. The molecule has 3 fully saturated rings. The molecule has 3 aliphatic rings. The van der Waals surface area contributed by atoms with Gasteiger partial charge in [0, 0.05) is 51.1 Å². The maximum absolute atomic E-state index is 12.8. The topological polar surface area (TPSA) is 42.0 Å². The van der Waals surface area contributed by atoms with Gasteiger partial charge < -0.3 is 9.47 Å². The van der Waals surface area contributed by atoms with Crippen LogP contribution in [0.4, 0.5) is 0 Å². The molecule has 23 heavy (non-hydrogen) atoms. The average molecular weight is 369 g/mol. The number of morpholine rings is 2. The fourth-order valence-corrected chi connectivity index (χ4v) is 3.78. The highest BCUT2D eigenvalue weighted by atomic mass is 35.5. The smallest absolute Gasteiger partial charge is 0.141 e. The summed E-state index contributed by atoms with van der Waals surface area (Å²) >= 11 is 0. The summed E-state index contributed by atoms with van der Waals surface area (Å²) in [7, 11) is 0. The van der Waals surface area contributed by atoms with Crippen LogP contribution in [0.2, 0.25) is 0 Å². The van der Waals surface area contributed by atoms with Crippen LogP contribution in [0.5, 0.6) is 0 Å². The lowest BCUT2D eigenvalue weighted by Gasteiger charge is -2.36. The van der Waals surface area contributed by atoms with Gasteiger partial charge in [-0.05, 0) is 12.8 Å². The molecule has 0 spiro atoms. The normalized spacial score (nSPS) is 30.3. The number of ether oxygens (including phenoxy) is 2. The van der Waals surface area contributed by atoms with E-state index >= 15 is 0 Å². The first-order valence-corrected chi connectivity index (χ1v) is 8.47. The number of carbonyl (C=O) groups excluding carboxylic acids is 1. The van der Waals surface area contributed by atoms with Crippen LogP contribution < -0.4 is 0 Å². The summed E-state index contributed by atoms with van der Waals surface area (Å²) in [6, 6.07) is 0. The molecule has 1 saturated carbocycles. The number of ketones is 1. The van der Waals surface area contributed by atoms with Crippen LogP contribution in [-0.4, -0.2) is 81.3 Å². The molecule has 2 aliphatic heterocycles. The minimum Gasteiger partial charge on any atom is -0.379 e. The van der Waals surface area contributed by atoms with Crippen molar-refractivity contribution in [1.29, 1.82) is 0 Å². The Balaban J connectivity index is 0.00000132. The fraction of sp³-hybridized carbons (Fsp3) is 0.938. The van der Waals surface area contributed by atoms with Crippen LogP contribution in [0.3, 0.4) is 0 Å². The molecule has 0 N–H and O–H groups in total. The zero-order chi connectivity index (χ0) is 14.5. The van der Waals surface area contributed by atoms with Crippen LogP contribution in [0.25, 0.3) is 0 Å². The van der Waals surface area contributed by atoms with Crippen LogP contribution in [0.1, 0.15) is 19.3 Å². The molecule has 2 atom stereocenters. The number of nitrogens with zero attached hydrogens (tertiary/aromatic N) is 2. The van der Waals surface area contributed by atoms with Gasteiger partial charge in [-0.15, -0.1) is 24.8 Å². The molecule has 1 aliphatic carbocycles. The minimum absolute atomic E-state index is 0. The average Bonchev–Trinajstić information content (AvgIpc) is 2.53. The van der Waals surface area contributed by atoms with E-state index in [0.717, 1.165) is 78.5 Å². The molecule has 136 valence electrons. The van der Waals surface area contributed by atoms with Crippen molar-refractivity contribution >= 4 is 30.6 Å². The SMILES string of the molecule is Cl.Cl.O=C1C(CN2CCOCC2)CCCC1CN1CCOCC1. The lowest BCUT2D eigenvalue weighted by molar-refractivity contribution is -0.131. The summed E-state index contributed by atoms with van der Waals surface area (Å²) in [4.78, 5) is 17.6. The Labute approximate surface area is 151 Å². The van der Waals surface area contributed by atoms with E-state index in [0.29, 0.717) is 5.78 Å². The summed E-state index contributed by atoms with van der Waals surface area (Å²) in [5.41, 5.74) is 0. The maximum Gasteiger partial charge on any atom is 0.141 e. The number of rotatable bonds is 4. The summed E-state index contributed by atoms with van der Waals surface area (Å²) in [5, 5.41) is 0. The van der Waals surface area contributed by atoms with Crippen molar-refractivity contribution in [2.75, 3.05) is 65.7 Å². The van der Waals surface area contributed by atoms with Gasteiger partial charge in [-0.2, -0.15) is 0 Å². The van der Waals surface area contributed by atoms with Gasteiger partial charge in [0.25, 0.3) is 0 Å². The van der Waals surface area contributed by atoms with Crippen molar-refractivity contribution in [3.05, 3.63) is 0 Å². The zero-order valence-corrected chi connectivity index (χ0v) is 15.4. The van der Waals surface area contributed by atoms with Crippen LogP contribution in [-0.2, 0) is 14.3 Å². The van der Waals surface area contributed by atoms with Gasteiger partial charge in [0.05, 0.1) is 26.4 Å². The molecule has 0 aromatic carbocycles. The van der Waals surface area contributed by atoms with Crippen molar-refractivity contribution < 1.29 is 14.3 Å². The Morgan fingerprint density at radius 2 is 1.17 bits per heavy atom. The zero-order valence-electron chi connectivity index (χ0n) is 13.8. The van der Waals surface area contributed by atoms with Gasteiger partial charge in [-0.3, -0.25) is 14.6 Å². The highest BCUT2D eigenvalue weighted by Gasteiger charge is 2.33. The quantitative estimate of drug-likeness (QED) is 0.751. The molecule has 0 aromatic heterocycles. The lowest BCUT2D eigenvalue weighted by atomic mass is 9.79. The Kier molecular flexibility index (Phi) is 9.97. The molecule has 2 heterocycles. The van der Waals surface area contributed by atoms with Gasteiger partial charge >= 0.3 is 0 Å². The molecule has 2 saturated heterocycles. The van der Waals surface area contributed by atoms with Gasteiger partial charge in [0.2, 0.25) is 0 Å². The molecule has 2 unspecified atom stereocenters. The predicted molar refractivity (Wildman–Crippen MR) is 94.9 cm³/mol. The fourth-order valence-electron chi connectivity index (χ4n) is 3.78. The summed E-state index contributed by atoms with van der Waals surface area (Å²) in [6.07, 6.45) is 3.36. The summed E-state index contributed by atoms with van der Waals surface area (Å²) < 4.78 is 10.8. The highest BCUT2D eigenvalue weighted by molar-refractivity contribution is 5.85. The molecular formula is C16H30Cl2N2O3. The van der Waals surface area contributed by atoms with Gasteiger partial charge in [0.15, 0.2) is 0 Å². The first kappa shape index (κ1) is 21.1. The Hall–Kier alpha value is 0.0900. The standard InChI is InChI=1S/C16H28N2O3.2ClH/c19-16-14(12-17-4-8-20-9-5-17)2-1-3-15(16)13-18-6-10-21-11-7-18;;/h14-15H,1-13H2;2*1H. The highest BCUT2D eigenvalue weighted by Crippen LogP contribution is 2.27. The predicted octanol–water partition coefficient (Wildman–Crippen LogP) is 1.48. The van der Waals surface area contributed by atoms with Crippen molar-refractivity contribution in [3.63, 3.8) is 0 Å². The number of hydrogen-bond donors (Lipinski definition) is 0. The minimum atomic E-state index is 0. The van der Waals surface area contributed by atoms with E-state index in [9.17, 15) is 4.79 Å². The van der Waals surface area contributed by atoms with Crippen LogP contribution >= 0.6 is 24.8 Å². The molecule has 0 bridgehead atoms. The van der Waals surface area contributed by atoms with E-state index in [2.05, 4.69) is 9.80 Å². The lowest BCUT2D eigenvalue weighted by Crippen LogP contribution is -2.46. The van der Waals surface area contributed by atoms with Gasteiger partial charge in [-0.25, -0.2) is 0 Å². The number of Topliss-reactive ketones (excluding diaryl/α,β-unsaturated/α-hetero) is 1. The molecule has 0 amide bonds. The maximum atomic E-state index is 12.8. The van der Waals surface area contributed by atoms with E-state index in [1.54, 1.807) is 0 Å². The molecular weight excluding hydrogens is 339 g/mol. The summed E-state index contributed by atoms with van der Waals surface area (Å²) in [6.45, 7) is 9.10. The summed E-state index contributed by atoms with van der Waals surface area (Å²) in [5.74, 6) is 1.02.